The molecular formula is C17H22N4O3. The van der Waals surface area contributed by atoms with Crippen LogP contribution in [0.2, 0.25) is 0 Å². The van der Waals surface area contributed by atoms with Crippen LogP contribution in [0.15, 0.2) is 36.7 Å². The molecule has 0 aliphatic rings. The van der Waals surface area contributed by atoms with Crippen molar-refractivity contribution in [2.24, 2.45) is 0 Å². The van der Waals surface area contributed by atoms with Gasteiger partial charge < -0.3 is 20.1 Å². The molecule has 128 valence electrons. The molecule has 0 aliphatic carbocycles. The van der Waals surface area contributed by atoms with Gasteiger partial charge in [-0.1, -0.05) is 12.1 Å². The van der Waals surface area contributed by atoms with Gasteiger partial charge in [0, 0.05) is 26.3 Å². The number of carbonyl (C=O) groups excluding carboxylic acids is 1. The zero-order valence-electron chi connectivity index (χ0n) is 13.9. The van der Waals surface area contributed by atoms with Crippen LogP contribution in [0.4, 0.5) is 5.82 Å². The fourth-order valence-electron chi connectivity index (χ4n) is 2.10. The molecule has 0 saturated heterocycles. The van der Waals surface area contributed by atoms with Crippen molar-refractivity contribution in [1.29, 1.82) is 0 Å². The number of benzene rings is 1. The maximum absolute atomic E-state index is 12.2. The van der Waals surface area contributed by atoms with Gasteiger partial charge in [-0.3, -0.25) is 4.79 Å². The van der Waals surface area contributed by atoms with Gasteiger partial charge in [-0.25, -0.2) is 9.97 Å². The highest BCUT2D eigenvalue weighted by Gasteiger charge is 2.08. The zero-order valence-corrected chi connectivity index (χ0v) is 13.9. The van der Waals surface area contributed by atoms with E-state index in [1.165, 1.54) is 6.33 Å². The highest BCUT2D eigenvalue weighted by atomic mass is 16.5. The van der Waals surface area contributed by atoms with Crippen molar-refractivity contribution in [3.8, 4) is 5.75 Å². The molecule has 2 N–H and O–H groups in total. The molecule has 0 radical (unpaired) electrons. The van der Waals surface area contributed by atoms with Gasteiger partial charge in [0.25, 0.3) is 5.91 Å². The van der Waals surface area contributed by atoms with E-state index in [2.05, 4.69) is 20.6 Å². The highest BCUT2D eigenvalue weighted by molar-refractivity contribution is 5.92. The number of carbonyl (C=O) groups is 1. The third-order valence-corrected chi connectivity index (χ3v) is 3.35. The molecule has 1 heterocycles. The van der Waals surface area contributed by atoms with E-state index in [1.807, 2.05) is 24.3 Å². The van der Waals surface area contributed by atoms with Crippen molar-refractivity contribution in [3.63, 3.8) is 0 Å². The second-order valence-electron chi connectivity index (χ2n) is 5.07. The Morgan fingerprint density at radius 3 is 2.83 bits per heavy atom. The molecule has 2 aromatic rings. The molecule has 1 aromatic heterocycles. The Kier molecular flexibility index (Phi) is 6.97. The summed E-state index contributed by atoms with van der Waals surface area (Å²) in [5.74, 6) is 1.18. The van der Waals surface area contributed by atoms with Crippen molar-refractivity contribution >= 4 is 11.7 Å². The number of aromatic nitrogens is 2. The number of nitrogens with one attached hydrogen (secondary N) is 2. The maximum atomic E-state index is 12.2. The quantitative estimate of drug-likeness (QED) is 0.678. The smallest absolute Gasteiger partial charge is 0.270 e. The van der Waals surface area contributed by atoms with Gasteiger partial charge in [0.2, 0.25) is 0 Å². The van der Waals surface area contributed by atoms with Crippen molar-refractivity contribution in [1.82, 2.24) is 15.3 Å². The number of hydrogen-bond acceptors (Lipinski definition) is 6. The first-order valence-electron chi connectivity index (χ1n) is 7.69. The van der Waals surface area contributed by atoms with Crippen LogP contribution in [-0.4, -0.2) is 49.8 Å². The average molecular weight is 330 g/mol. The lowest BCUT2D eigenvalue weighted by Crippen LogP contribution is -2.26. The van der Waals surface area contributed by atoms with Crippen molar-refractivity contribution in [2.45, 2.75) is 6.42 Å². The lowest BCUT2D eigenvalue weighted by Gasteiger charge is -2.08. The predicted molar refractivity (Wildman–Crippen MR) is 91.4 cm³/mol. The number of amides is 1. The number of ether oxygens (including phenoxy) is 2. The van der Waals surface area contributed by atoms with Gasteiger partial charge in [0.15, 0.2) is 0 Å². The summed E-state index contributed by atoms with van der Waals surface area (Å²) >= 11 is 0. The summed E-state index contributed by atoms with van der Waals surface area (Å²) in [4.78, 5) is 20.2. The molecular weight excluding hydrogens is 308 g/mol. The normalized spacial score (nSPS) is 10.2. The summed E-state index contributed by atoms with van der Waals surface area (Å²) in [5, 5.41) is 5.92. The fraction of sp³-hybridized carbons (Fsp3) is 0.353. The second-order valence-corrected chi connectivity index (χ2v) is 5.07. The van der Waals surface area contributed by atoms with Crippen LogP contribution in [-0.2, 0) is 11.2 Å². The van der Waals surface area contributed by atoms with Crippen molar-refractivity contribution in [2.75, 3.05) is 39.2 Å². The molecule has 24 heavy (non-hydrogen) atoms. The van der Waals surface area contributed by atoms with E-state index in [1.54, 1.807) is 20.3 Å². The van der Waals surface area contributed by atoms with Crippen LogP contribution >= 0.6 is 0 Å². The van der Waals surface area contributed by atoms with E-state index >= 15 is 0 Å². The monoisotopic (exact) mass is 330 g/mol. The Balaban J connectivity index is 1.84. The number of nitrogens with zero attached hydrogens (tertiary/aromatic N) is 2. The highest BCUT2D eigenvalue weighted by Crippen LogP contribution is 2.12. The Hall–Kier alpha value is -2.67. The van der Waals surface area contributed by atoms with Gasteiger partial charge in [0.1, 0.15) is 23.6 Å². The number of anilines is 1. The Morgan fingerprint density at radius 1 is 1.17 bits per heavy atom. The zero-order chi connectivity index (χ0) is 17.2. The summed E-state index contributed by atoms with van der Waals surface area (Å²) in [6, 6.07) is 9.39. The Bertz CT molecular complexity index is 664. The van der Waals surface area contributed by atoms with Crippen LogP contribution < -0.4 is 15.4 Å². The van der Waals surface area contributed by atoms with E-state index in [0.717, 1.165) is 11.3 Å². The first-order chi connectivity index (χ1) is 11.7. The standard InChI is InChI=1S/C17H22N4O3/c1-23-9-8-18-16-11-15(20-12-21-16)17(22)19-7-6-13-4-3-5-14(10-13)24-2/h3-5,10-12H,6-9H2,1-2H3,(H,19,22)(H,18,20,21). The summed E-state index contributed by atoms with van der Waals surface area (Å²) in [6.07, 6.45) is 2.08. The molecule has 1 aromatic carbocycles. The molecule has 0 unspecified atom stereocenters. The van der Waals surface area contributed by atoms with E-state index in [0.29, 0.717) is 37.6 Å². The molecule has 7 nitrogen and oxygen atoms in total. The predicted octanol–water partition coefficient (Wildman–Crippen LogP) is 1.52. The molecule has 7 heteroatoms. The van der Waals surface area contributed by atoms with E-state index in [9.17, 15) is 4.79 Å². The topological polar surface area (TPSA) is 85.4 Å². The van der Waals surface area contributed by atoms with Crippen LogP contribution in [0.5, 0.6) is 5.75 Å². The minimum absolute atomic E-state index is 0.227. The SMILES string of the molecule is COCCNc1cc(C(=O)NCCc2cccc(OC)c2)ncn1. The average Bonchev–Trinajstić information content (AvgIpc) is 2.62. The third-order valence-electron chi connectivity index (χ3n) is 3.35. The van der Waals surface area contributed by atoms with Gasteiger partial charge >= 0.3 is 0 Å². The lowest BCUT2D eigenvalue weighted by molar-refractivity contribution is 0.0949. The molecule has 0 fully saturated rings. The van der Waals surface area contributed by atoms with Crippen LogP contribution in [0.25, 0.3) is 0 Å². The summed E-state index contributed by atoms with van der Waals surface area (Å²) in [6.45, 7) is 1.69. The molecule has 0 atom stereocenters. The van der Waals surface area contributed by atoms with Gasteiger partial charge in [-0.2, -0.15) is 0 Å². The molecule has 1 amide bonds. The molecule has 0 spiro atoms. The second kappa shape index (κ2) is 9.46. The van der Waals surface area contributed by atoms with E-state index in [4.69, 9.17) is 9.47 Å². The summed E-state index contributed by atoms with van der Waals surface area (Å²) in [5.41, 5.74) is 1.43. The molecule has 0 aliphatic heterocycles. The summed E-state index contributed by atoms with van der Waals surface area (Å²) in [7, 11) is 3.26. The summed E-state index contributed by atoms with van der Waals surface area (Å²) < 4.78 is 10.1. The molecule has 0 saturated carbocycles. The fourth-order valence-corrected chi connectivity index (χ4v) is 2.10. The lowest BCUT2D eigenvalue weighted by atomic mass is 10.1. The van der Waals surface area contributed by atoms with Crippen molar-refractivity contribution < 1.29 is 14.3 Å². The number of hydrogen-bond donors (Lipinski definition) is 2. The minimum atomic E-state index is -0.227. The Labute approximate surface area is 141 Å². The van der Waals surface area contributed by atoms with Gasteiger partial charge in [-0.05, 0) is 24.1 Å². The first kappa shape index (κ1) is 17.7. The molecule has 0 bridgehead atoms. The van der Waals surface area contributed by atoms with Gasteiger partial charge in [-0.15, -0.1) is 0 Å². The van der Waals surface area contributed by atoms with Crippen molar-refractivity contribution in [3.05, 3.63) is 47.9 Å². The van der Waals surface area contributed by atoms with Gasteiger partial charge in [0.05, 0.1) is 13.7 Å². The van der Waals surface area contributed by atoms with E-state index in [-0.39, 0.29) is 5.91 Å². The number of methoxy groups -OCH3 is 2. The largest absolute Gasteiger partial charge is 0.497 e. The van der Waals surface area contributed by atoms with Crippen LogP contribution in [0.3, 0.4) is 0 Å². The van der Waals surface area contributed by atoms with E-state index < -0.39 is 0 Å². The third kappa shape index (κ3) is 5.51. The Morgan fingerprint density at radius 2 is 2.04 bits per heavy atom. The van der Waals surface area contributed by atoms with Crippen LogP contribution in [0, 0.1) is 0 Å². The molecule has 2 rings (SSSR count). The first-order valence-corrected chi connectivity index (χ1v) is 7.69. The van der Waals surface area contributed by atoms with Crippen LogP contribution in [0.1, 0.15) is 16.1 Å². The maximum Gasteiger partial charge on any atom is 0.270 e. The minimum Gasteiger partial charge on any atom is -0.497 e. The number of rotatable bonds is 9.